The predicted molar refractivity (Wildman–Crippen MR) is 129 cm³/mol. The highest BCUT2D eigenvalue weighted by molar-refractivity contribution is 5.86. The van der Waals surface area contributed by atoms with Crippen LogP contribution in [0.3, 0.4) is 0 Å². The SMILES string of the molecule is COCCc1ccc(-n2cc(CCc3ccccc3)c3cc(CCC(=O)O)ccc32)cc1. The smallest absolute Gasteiger partial charge is 0.303 e. The van der Waals surface area contributed by atoms with E-state index in [-0.39, 0.29) is 6.42 Å². The number of carboxylic acids is 1. The first kappa shape index (κ1) is 21.8. The Morgan fingerprint density at radius 1 is 0.844 bits per heavy atom. The second kappa shape index (κ2) is 10.3. The topological polar surface area (TPSA) is 51.5 Å². The fraction of sp³-hybridized carbons (Fsp3) is 0.250. The van der Waals surface area contributed by atoms with Crippen LogP contribution in [0, 0.1) is 0 Å². The summed E-state index contributed by atoms with van der Waals surface area (Å²) in [5, 5.41) is 10.3. The zero-order chi connectivity index (χ0) is 22.3. The summed E-state index contributed by atoms with van der Waals surface area (Å²) in [7, 11) is 1.72. The Hall–Kier alpha value is -3.37. The lowest BCUT2D eigenvalue weighted by Crippen LogP contribution is -1.98. The number of nitrogens with zero attached hydrogens (tertiary/aromatic N) is 1. The molecule has 0 unspecified atom stereocenters. The van der Waals surface area contributed by atoms with Crippen LogP contribution < -0.4 is 0 Å². The molecule has 0 saturated carbocycles. The molecule has 0 aliphatic rings. The third-order valence-electron chi connectivity index (χ3n) is 5.91. The zero-order valence-corrected chi connectivity index (χ0v) is 18.5. The number of benzene rings is 3. The molecular formula is C28H29NO3. The lowest BCUT2D eigenvalue weighted by atomic mass is 10.0. The number of methoxy groups -OCH3 is 1. The second-order valence-corrected chi connectivity index (χ2v) is 8.16. The average Bonchev–Trinajstić information content (AvgIpc) is 3.19. The summed E-state index contributed by atoms with van der Waals surface area (Å²) in [5.41, 5.74) is 7.19. The molecule has 4 aromatic rings. The minimum absolute atomic E-state index is 0.147. The Bertz CT molecular complexity index is 1180. The van der Waals surface area contributed by atoms with Crippen molar-refractivity contribution in [2.75, 3.05) is 13.7 Å². The standard InChI is InChI=1S/C28H29NO3/c1-32-18-17-22-8-13-25(14-9-22)29-20-24(12-7-21-5-3-2-4-6-21)26-19-23(10-15-27(26)29)11-16-28(30)31/h2-6,8-10,13-15,19-20H,7,11-12,16-18H2,1H3,(H,30,31). The maximum Gasteiger partial charge on any atom is 0.303 e. The number of aryl methyl sites for hydroxylation is 3. The molecule has 1 aromatic heterocycles. The highest BCUT2D eigenvalue weighted by Gasteiger charge is 2.12. The van der Waals surface area contributed by atoms with Gasteiger partial charge in [-0.25, -0.2) is 0 Å². The molecule has 0 aliphatic carbocycles. The summed E-state index contributed by atoms with van der Waals surface area (Å²) in [6, 6.07) is 25.5. The van der Waals surface area contributed by atoms with Crippen LogP contribution in [-0.4, -0.2) is 29.4 Å². The number of aliphatic carboxylic acids is 1. The van der Waals surface area contributed by atoms with Crippen molar-refractivity contribution in [1.82, 2.24) is 4.57 Å². The normalized spacial score (nSPS) is 11.2. The van der Waals surface area contributed by atoms with Crippen molar-refractivity contribution in [1.29, 1.82) is 0 Å². The fourth-order valence-corrected chi connectivity index (χ4v) is 4.13. The molecule has 0 fully saturated rings. The Balaban J connectivity index is 1.67. The summed E-state index contributed by atoms with van der Waals surface area (Å²) < 4.78 is 7.44. The van der Waals surface area contributed by atoms with Gasteiger partial charge in [0.05, 0.1) is 12.1 Å². The summed E-state index contributed by atoms with van der Waals surface area (Å²) in [6.07, 6.45) is 5.73. The highest BCUT2D eigenvalue weighted by atomic mass is 16.5. The molecular weight excluding hydrogens is 398 g/mol. The van der Waals surface area contributed by atoms with Crippen molar-refractivity contribution >= 4 is 16.9 Å². The molecule has 0 spiro atoms. The van der Waals surface area contributed by atoms with Gasteiger partial charge in [0.15, 0.2) is 0 Å². The fourth-order valence-electron chi connectivity index (χ4n) is 4.13. The van der Waals surface area contributed by atoms with Crippen molar-refractivity contribution in [3.8, 4) is 5.69 Å². The van der Waals surface area contributed by atoms with Crippen LogP contribution in [0.1, 0.15) is 28.7 Å². The lowest BCUT2D eigenvalue weighted by molar-refractivity contribution is -0.136. The van der Waals surface area contributed by atoms with Crippen LogP contribution in [0.4, 0.5) is 0 Å². The first-order chi connectivity index (χ1) is 15.6. The van der Waals surface area contributed by atoms with Gasteiger partial charge in [-0.1, -0.05) is 48.5 Å². The van der Waals surface area contributed by atoms with E-state index < -0.39 is 5.97 Å². The van der Waals surface area contributed by atoms with Crippen molar-refractivity contribution in [2.45, 2.75) is 32.1 Å². The van der Waals surface area contributed by atoms with E-state index in [1.165, 1.54) is 22.1 Å². The first-order valence-electron chi connectivity index (χ1n) is 11.1. The van der Waals surface area contributed by atoms with Crippen molar-refractivity contribution in [2.24, 2.45) is 0 Å². The molecule has 0 radical (unpaired) electrons. The summed E-state index contributed by atoms with van der Waals surface area (Å²) >= 11 is 0. The minimum Gasteiger partial charge on any atom is -0.481 e. The summed E-state index contributed by atoms with van der Waals surface area (Å²) in [6.45, 7) is 0.717. The number of aromatic nitrogens is 1. The van der Waals surface area contributed by atoms with Crippen LogP contribution in [0.25, 0.3) is 16.6 Å². The Morgan fingerprint density at radius 2 is 1.56 bits per heavy atom. The largest absolute Gasteiger partial charge is 0.481 e. The summed E-state index contributed by atoms with van der Waals surface area (Å²) in [5.74, 6) is -0.763. The van der Waals surface area contributed by atoms with Crippen LogP contribution >= 0.6 is 0 Å². The molecule has 3 aromatic carbocycles. The molecule has 0 saturated heterocycles. The Morgan fingerprint density at radius 3 is 2.28 bits per heavy atom. The van der Waals surface area contributed by atoms with Crippen LogP contribution in [0.5, 0.6) is 0 Å². The van der Waals surface area contributed by atoms with E-state index in [1.54, 1.807) is 7.11 Å². The Labute approximate surface area is 189 Å². The molecule has 4 nitrogen and oxygen atoms in total. The molecule has 1 N–H and O–H groups in total. The van der Waals surface area contributed by atoms with Gasteiger partial charge in [0.1, 0.15) is 0 Å². The van der Waals surface area contributed by atoms with E-state index >= 15 is 0 Å². The first-order valence-corrected chi connectivity index (χ1v) is 11.1. The molecule has 164 valence electrons. The number of fused-ring (bicyclic) bond motifs is 1. The van der Waals surface area contributed by atoms with Crippen molar-refractivity contribution < 1.29 is 14.6 Å². The molecule has 0 bridgehead atoms. The molecule has 4 rings (SSSR count). The Kier molecular flexibility index (Phi) is 7.03. The lowest BCUT2D eigenvalue weighted by Gasteiger charge is -2.08. The number of hydrogen-bond donors (Lipinski definition) is 1. The molecule has 32 heavy (non-hydrogen) atoms. The molecule has 4 heteroatoms. The van der Waals surface area contributed by atoms with E-state index in [1.807, 2.05) is 6.07 Å². The van der Waals surface area contributed by atoms with Gasteiger partial charge in [-0.2, -0.15) is 0 Å². The van der Waals surface area contributed by atoms with Crippen LogP contribution in [-0.2, 0) is 35.2 Å². The maximum atomic E-state index is 11.0. The van der Waals surface area contributed by atoms with Gasteiger partial charge >= 0.3 is 5.97 Å². The van der Waals surface area contributed by atoms with Crippen molar-refractivity contribution in [3.05, 3.63) is 101 Å². The third kappa shape index (κ3) is 5.27. The van der Waals surface area contributed by atoms with Gasteiger partial charge in [0.25, 0.3) is 0 Å². The monoisotopic (exact) mass is 427 g/mol. The summed E-state index contributed by atoms with van der Waals surface area (Å²) in [4.78, 5) is 11.0. The number of hydrogen-bond acceptors (Lipinski definition) is 2. The number of carboxylic acid groups (broad SMARTS) is 1. The highest BCUT2D eigenvalue weighted by Crippen LogP contribution is 2.28. The van der Waals surface area contributed by atoms with E-state index in [2.05, 4.69) is 77.5 Å². The third-order valence-corrected chi connectivity index (χ3v) is 5.91. The molecule has 0 amide bonds. The van der Waals surface area contributed by atoms with Crippen molar-refractivity contribution in [3.63, 3.8) is 0 Å². The van der Waals surface area contributed by atoms with Gasteiger partial charge in [0, 0.05) is 30.8 Å². The van der Waals surface area contributed by atoms with Gasteiger partial charge in [0.2, 0.25) is 0 Å². The minimum atomic E-state index is -0.763. The van der Waals surface area contributed by atoms with E-state index in [9.17, 15) is 4.79 Å². The van der Waals surface area contributed by atoms with Crippen LogP contribution in [0.15, 0.2) is 79.0 Å². The quantitative estimate of drug-likeness (QED) is 0.357. The van der Waals surface area contributed by atoms with E-state index in [0.29, 0.717) is 13.0 Å². The molecule has 1 heterocycles. The van der Waals surface area contributed by atoms with Gasteiger partial charge in [-0.3, -0.25) is 4.79 Å². The zero-order valence-electron chi connectivity index (χ0n) is 18.5. The number of carbonyl (C=O) groups is 1. The van der Waals surface area contributed by atoms with Gasteiger partial charge in [-0.15, -0.1) is 0 Å². The molecule has 0 aliphatic heterocycles. The van der Waals surface area contributed by atoms with E-state index in [4.69, 9.17) is 9.84 Å². The maximum absolute atomic E-state index is 11.0. The van der Waals surface area contributed by atoms with E-state index in [0.717, 1.165) is 36.0 Å². The average molecular weight is 428 g/mol. The predicted octanol–water partition coefficient (Wildman–Crippen LogP) is 5.62. The second-order valence-electron chi connectivity index (χ2n) is 8.16. The van der Waals surface area contributed by atoms with Gasteiger partial charge in [-0.05, 0) is 72.2 Å². The molecule has 0 atom stereocenters. The van der Waals surface area contributed by atoms with Crippen LogP contribution in [0.2, 0.25) is 0 Å². The van der Waals surface area contributed by atoms with Gasteiger partial charge < -0.3 is 14.4 Å². The number of rotatable bonds is 10. The number of ether oxygens (including phenoxy) is 1.